The smallest absolute Gasteiger partial charge is 0.226 e. The first-order valence-electron chi connectivity index (χ1n) is 5.95. The average molecular weight is 234 g/mol. The summed E-state index contributed by atoms with van der Waals surface area (Å²) in [4.78, 5) is 20.0. The van der Waals surface area contributed by atoms with Crippen LogP contribution in [0, 0.1) is 5.41 Å². The molecule has 5 heteroatoms. The van der Waals surface area contributed by atoms with Gasteiger partial charge in [-0.3, -0.25) is 4.79 Å². The number of nitrogens with zero attached hydrogens (tertiary/aromatic N) is 2. The summed E-state index contributed by atoms with van der Waals surface area (Å²) >= 11 is 0. The Morgan fingerprint density at radius 1 is 1.53 bits per heavy atom. The third-order valence-electron chi connectivity index (χ3n) is 3.33. The Morgan fingerprint density at radius 3 is 2.94 bits per heavy atom. The second kappa shape index (κ2) is 5.23. The van der Waals surface area contributed by atoms with E-state index in [0.717, 1.165) is 31.6 Å². The van der Waals surface area contributed by atoms with Gasteiger partial charge < -0.3 is 10.6 Å². The van der Waals surface area contributed by atoms with E-state index in [2.05, 4.69) is 20.6 Å². The molecule has 0 bridgehead atoms. The second-order valence-corrected chi connectivity index (χ2v) is 4.69. The van der Waals surface area contributed by atoms with Gasteiger partial charge in [-0.15, -0.1) is 0 Å². The van der Waals surface area contributed by atoms with E-state index in [9.17, 15) is 4.79 Å². The standard InChI is InChI=1S/C12H18N4O/c1-12(3-6-13-7-4-12)11(17)15-8-10-2-5-14-9-16-10/h2,5,9,13H,3-4,6-8H2,1H3,(H,15,17). The molecule has 0 aliphatic carbocycles. The SMILES string of the molecule is CC1(C(=O)NCc2ccncn2)CCNCC1. The van der Waals surface area contributed by atoms with Gasteiger partial charge in [-0.2, -0.15) is 0 Å². The van der Waals surface area contributed by atoms with Gasteiger partial charge in [-0.05, 0) is 32.0 Å². The number of piperidine rings is 1. The van der Waals surface area contributed by atoms with Crippen LogP contribution >= 0.6 is 0 Å². The molecule has 0 saturated carbocycles. The van der Waals surface area contributed by atoms with E-state index in [0.29, 0.717) is 6.54 Å². The number of amides is 1. The van der Waals surface area contributed by atoms with E-state index < -0.39 is 0 Å². The molecule has 1 amide bonds. The first-order valence-corrected chi connectivity index (χ1v) is 5.95. The van der Waals surface area contributed by atoms with E-state index in [1.54, 1.807) is 6.20 Å². The van der Waals surface area contributed by atoms with Crippen LogP contribution in [0.15, 0.2) is 18.6 Å². The van der Waals surface area contributed by atoms with Crippen LogP contribution in [0.2, 0.25) is 0 Å². The molecule has 2 rings (SSSR count). The lowest BCUT2D eigenvalue weighted by molar-refractivity contribution is -0.131. The van der Waals surface area contributed by atoms with Gasteiger partial charge in [0.2, 0.25) is 5.91 Å². The number of aromatic nitrogens is 2. The first kappa shape index (κ1) is 12.0. The normalized spacial score (nSPS) is 18.6. The zero-order valence-corrected chi connectivity index (χ0v) is 10.1. The molecule has 0 spiro atoms. The van der Waals surface area contributed by atoms with Crippen molar-refractivity contribution < 1.29 is 4.79 Å². The zero-order chi connectivity index (χ0) is 12.1. The predicted molar refractivity (Wildman–Crippen MR) is 64.1 cm³/mol. The maximum absolute atomic E-state index is 12.1. The van der Waals surface area contributed by atoms with Crippen LogP contribution in [0.5, 0.6) is 0 Å². The quantitative estimate of drug-likeness (QED) is 0.798. The average Bonchev–Trinajstić information content (AvgIpc) is 2.38. The van der Waals surface area contributed by atoms with Crippen LogP contribution in [-0.2, 0) is 11.3 Å². The molecule has 1 fully saturated rings. The maximum Gasteiger partial charge on any atom is 0.226 e. The summed E-state index contributed by atoms with van der Waals surface area (Å²) in [5.74, 6) is 0.123. The van der Waals surface area contributed by atoms with Gasteiger partial charge in [-0.1, -0.05) is 6.92 Å². The highest BCUT2D eigenvalue weighted by atomic mass is 16.2. The van der Waals surface area contributed by atoms with Gasteiger partial charge in [0.25, 0.3) is 0 Å². The molecule has 92 valence electrons. The Balaban J connectivity index is 1.88. The Hall–Kier alpha value is -1.49. The van der Waals surface area contributed by atoms with Crippen molar-refractivity contribution in [3.05, 3.63) is 24.3 Å². The Labute approximate surface area is 101 Å². The minimum Gasteiger partial charge on any atom is -0.350 e. The summed E-state index contributed by atoms with van der Waals surface area (Å²) in [5, 5.41) is 6.22. The van der Waals surface area contributed by atoms with E-state index in [1.165, 1.54) is 6.33 Å². The Bertz CT molecular complexity index is 373. The van der Waals surface area contributed by atoms with Crippen LogP contribution < -0.4 is 10.6 Å². The number of hydrogen-bond acceptors (Lipinski definition) is 4. The summed E-state index contributed by atoms with van der Waals surface area (Å²) in [6.07, 6.45) is 4.96. The van der Waals surface area contributed by atoms with Crippen LogP contribution in [0.25, 0.3) is 0 Å². The fraction of sp³-hybridized carbons (Fsp3) is 0.583. The number of rotatable bonds is 3. The fourth-order valence-electron chi connectivity index (χ4n) is 2.01. The lowest BCUT2D eigenvalue weighted by Gasteiger charge is -2.32. The third-order valence-corrected chi connectivity index (χ3v) is 3.33. The highest BCUT2D eigenvalue weighted by Crippen LogP contribution is 2.27. The van der Waals surface area contributed by atoms with E-state index in [1.807, 2.05) is 13.0 Å². The highest BCUT2D eigenvalue weighted by molar-refractivity contribution is 5.82. The molecule has 0 atom stereocenters. The lowest BCUT2D eigenvalue weighted by Crippen LogP contribution is -2.45. The molecular formula is C12H18N4O. The molecule has 1 saturated heterocycles. The van der Waals surface area contributed by atoms with Gasteiger partial charge in [0, 0.05) is 11.6 Å². The van der Waals surface area contributed by atoms with Crippen molar-refractivity contribution >= 4 is 5.91 Å². The van der Waals surface area contributed by atoms with Crippen LogP contribution in [0.3, 0.4) is 0 Å². The van der Waals surface area contributed by atoms with Crippen molar-refractivity contribution in [2.75, 3.05) is 13.1 Å². The molecule has 17 heavy (non-hydrogen) atoms. The topological polar surface area (TPSA) is 66.9 Å². The molecule has 0 aromatic carbocycles. The van der Waals surface area contributed by atoms with E-state index >= 15 is 0 Å². The summed E-state index contributed by atoms with van der Waals surface area (Å²) in [6.45, 7) is 4.34. The van der Waals surface area contributed by atoms with E-state index in [4.69, 9.17) is 0 Å². The van der Waals surface area contributed by atoms with Crippen LogP contribution in [-0.4, -0.2) is 29.0 Å². The molecule has 2 N–H and O–H groups in total. The van der Waals surface area contributed by atoms with Gasteiger partial charge in [0.15, 0.2) is 0 Å². The zero-order valence-electron chi connectivity index (χ0n) is 10.1. The molecule has 2 heterocycles. The molecule has 1 aromatic heterocycles. The summed E-state index contributed by atoms with van der Waals surface area (Å²) in [7, 11) is 0. The predicted octanol–water partition coefficient (Wildman–Crippen LogP) is 0.482. The monoisotopic (exact) mass is 234 g/mol. The molecule has 0 unspecified atom stereocenters. The molecule has 1 aliphatic rings. The minimum absolute atomic E-state index is 0.123. The van der Waals surface area contributed by atoms with Crippen molar-refractivity contribution in [1.29, 1.82) is 0 Å². The number of nitrogens with one attached hydrogen (secondary N) is 2. The minimum atomic E-state index is -0.238. The first-order chi connectivity index (χ1) is 8.21. The highest BCUT2D eigenvalue weighted by Gasteiger charge is 2.34. The Kier molecular flexibility index (Phi) is 3.68. The fourth-order valence-corrected chi connectivity index (χ4v) is 2.01. The lowest BCUT2D eigenvalue weighted by atomic mass is 9.80. The molecule has 5 nitrogen and oxygen atoms in total. The maximum atomic E-state index is 12.1. The van der Waals surface area contributed by atoms with Gasteiger partial charge in [-0.25, -0.2) is 9.97 Å². The molecule has 1 aliphatic heterocycles. The van der Waals surface area contributed by atoms with Crippen molar-refractivity contribution in [1.82, 2.24) is 20.6 Å². The van der Waals surface area contributed by atoms with E-state index in [-0.39, 0.29) is 11.3 Å². The summed E-state index contributed by atoms with van der Waals surface area (Å²) in [6, 6.07) is 1.81. The molecular weight excluding hydrogens is 216 g/mol. The van der Waals surface area contributed by atoms with Crippen LogP contribution in [0.1, 0.15) is 25.5 Å². The molecule has 1 aromatic rings. The van der Waals surface area contributed by atoms with Crippen molar-refractivity contribution in [2.45, 2.75) is 26.3 Å². The summed E-state index contributed by atoms with van der Waals surface area (Å²) < 4.78 is 0. The van der Waals surface area contributed by atoms with Crippen molar-refractivity contribution in [3.8, 4) is 0 Å². The van der Waals surface area contributed by atoms with Crippen molar-refractivity contribution in [2.24, 2.45) is 5.41 Å². The van der Waals surface area contributed by atoms with Gasteiger partial charge in [0.1, 0.15) is 6.33 Å². The van der Waals surface area contributed by atoms with Crippen molar-refractivity contribution in [3.63, 3.8) is 0 Å². The summed E-state index contributed by atoms with van der Waals surface area (Å²) in [5.41, 5.74) is 0.601. The number of carbonyl (C=O) groups is 1. The largest absolute Gasteiger partial charge is 0.350 e. The third kappa shape index (κ3) is 3.00. The Morgan fingerprint density at radius 2 is 2.29 bits per heavy atom. The van der Waals surface area contributed by atoms with Crippen LogP contribution in [0.4, 0.5) is 0 Å². The number of carbonyl (C=O) groups excluding carboxylic acids is 1. The molecule has 0 radical (unpaired) electrons. The van der Waals surface area contributed by atoms with Gasteiger partial charge in [0.05, 0.1) is 12.2 Å². The van der Waals surface area contributed by atoms with Gasteiger partial charge >= 0.3 is 0 Å². The number of hydrogen-bond donors (Lipinski definition) is 2. The second-order valence-electron chi connectivity index (χ2n) is 4.69.